The molecule has 0 amide bonds. The van der Waals surface area contributed by atoms with Crippen LogP contribution >= 0.6 is 11.3 Å². The van der Waals surface area contributed by atoms with Gasteiger partial charge in [-0.2, -0.15) is 5.10 Å². The number of aryl methyl sites for hydroxylation is 1. The van der Waals surface area contributed by atoms with Crippen molar-refractivity contribution in [3.63, 3.8) is 0 Å². The minimum atomic E-state index is -0.456. The Kier molecular flexibility index (Phi) is 5.32. The van der Waals surface area contributed by atoms with Gasteiger partial charge in [0.25, 0.3) is 0 Å². The molecule has 3 rings (SSSR count). The van der Waals surface area contributed by atoms with Crippen LogP contribution in [0.3, 0.4) is 0 Å². The summed E-state index contributed by atoms with van der Waals surface area (Å²) in [5.41, 5.74) is 4.97. The highest BCUT2D eigenvalue weighted by atomic mass is 32.1. The van der Waals surface area contributed by atoms with E-state index in [4.69, 9.17) is 9.47 Å². The SMILES string of the molecule is CCOC(=O)c1sc(N/N=C(\C)C2Cc3ccccc3OC2=O)nc1C. The van der Waals surface area contributed by atoms with Crippen LogP contribution in [0.5, 0.6) is 5.75 Å². The van der Waals surface area contributed by atoms with Crippen molar-refractivity contribution in [2.24, 2.45) is 11.0 Å². The molecule has 26 heavy (non-hydrogen) atoms. The molecule has 0 spiro atoms. The van der Waals surface area contributed by atoms with E-state index in [-0.39, 0.29) is 5.97 Å². The average Bonchev–Trinajstić information content (AvgIpc) is 3.00. The molecule has 8 heteroatoms. The Morgan fingerprint density at radius 1 is 1.46 bits per heavy atom. The van der Waals surface area contributed by atoms with Gasteiger partial charge in [-0.3, -0.25) is 10.2 Å². The van der Waals surface area contributed by atoms with Crippen molar-refractivity contribution in [3.05, 3.63) is 40.4 Å². The molecule has 0 aliphatic carbocycles. The molecule has 1 aromatic heterocycles. The van der Waals surface area contributed by atoms with Crippen LogP contribution in [-0.2, 0) is 16.0 Å². The summed E-state index contributed by atoms with van der Waals surface area (Å²) in [4.78, 5) is 28.8. The predicted octanol–water partition coefficient (Wildman–Crippen LogP) is 3.19. The Labute approximate surface area is 155 Å². The maximum Gasteiger partial charge on any atom is 0.350 e. The fourth-order valence-corrected chi connectivity index (χ4v) is 3.42. The van der Waals surface area contributed by atoms with Gasteiger partial charge in [0.15, 0.2) is 0 Å². The first-order valence-electron chi connectivity index (χ1n) is 8.24. The number of nitrogens with zero attached hydrogens (tertiary/aromatic N) is 2. The summed E-state index contributed by atoms with van der Waals surface area (Å²) in [6.07, 6.45) is 0.539. The number of rotatable bonds is 5. The van der Waals surface area contributed by atoms with Gasteiger partial charge in [-0.05, 0) is 38.8 Å². The van der Waals surface area contributed by atoms with Crippen molar-refractivity contribution < 1.29 is 19.1 Å². The molecule has 1 aliphatic rings. The van der Waals surface area contributed by atoms with E-state index in [1.807, 2.05) is 18.2 Å². The van der Waals surface area contributed by atoms with Gasteiger partial charge < -0.3 is 9.47 Å². The molecular formula is C18H19N3O4S. The van der Waals surface area contributed by atoms with Gasteiger partial charge in [-0.25, -0.2) is 9.78 Å². The van der Waals surface area contributed by atoms with Crippen molar-refractivity contribution in [3.8, 4) is 5.75 Å². The molecule has 2 aromatic rings. The molecule has 0 saturated carbocycles. The number of hydrogen-bond acceptors (Lipinski definition) is 8. The summed E-state index contributed by atoms with van der Waals surface area (Å²) in [6, 6.07) is 7.46. The molecule has 7 nitrogen and oxygen atoms in total. The third kappa shape index (κ3) is 3.75. The summed E-state index contributed by atoms with van der Waals surface area (Å²) in [5, 5.41) is 4.73. The normalized spacial score (nSPS) is 16.7. The van der Waals surface area contributed by atoms with Crippen LogP contribution < -0.4 is 10.2 Å². The number of carbonyl (C=O) groups excluding carboxylic acids is 2. The largest absolute Gasteiger partial charge is 0.462 e. The number of aromatic nitrogens is 1. The van der Waals surface area contributed by atoms with Crippen LogP contribution in [0.15, 0.2) is 29.4 Å². The lowest BCUT2D eigenvalue weighted by molar-refractivity contribution is -0.137. The predicted molar refractivity (Wildman–Crippen MR) is 98.8 cm³/mol. The van der Waals surface area contributed by atoms with Crippen LogP contribution in [-0.4, -0.2) is 29.2 Å². The first-order valence-corrected chi connectivity index (χ1v) is 9.05. The number of carbonyl (C=O) groups is 2. The second-order valence-corrected chi connectivity index (χ2v) is 6.80. The zero-order valence-electron chi connectivity index (χ0n) is 14.7. The topological polar surface area (TPSA) is 89.9 Å². The molecule has 136 valence electrons. The van der Waals surface area contributed by atoms with Crippen molar-refractivity contribution in [1.29, 1.82) is 0 Å². The van der Waals surface area contributed by atoms with Crippen molar-refractivity contribution in [1.82, 2.24) is 4.98 Å². The molecule has 0 saturated heterocycles. The van der Waals surface area contributed by atoms with Gasteiger partial charge in [0.1, 0.15) is 16.5 Å². The molecule has 1 atom stereocenters. The van der Waals surface area contributed by atoms with Gasteiger partial charge >= 0.3 is 11.9 Å². The smallest absolute Gasteiger partial charge is 0.350 e. The fraction of sp³-hybridized carbons (Fsp3) is 0.333. The maximum atomic E-state index is 12.2. The Balaban J connectivity index is 1.72. The van der Waals surface area contributed by atoms with Crippen molar-refractivity contribution in [2.45, 2.75) is 27.2 Å². The number of hydrogen-bond donors (Lipinski definition) is 1. The highest BCUT2D eigenvalue weighted by molar-refractivity contribution is 7.17. The standard InChI is InChI=1S/C18H19N3O4S/c1-4-24-17(23)15-11(3)19-18(26-15)21-20-10(2)13-9-12-7-5-6-8-14(12)25-16(13)22/h5-8,13H,4,9H2,1-3H3,(H,19,21)/b20-10+. The van der Waals surface area contributed by atoms with Gasteiger partial charge in [0.05, 0.1) is 12.3 Å². The number of thiazole rings is 1. The van der Waals surface area contributed by atoms with E-state index in [2.05, 4.69) is 15.5 Å². The van der Waals surface area contributed by atoms with Gasteiger partial charge in [-0.15, -0.1) is 0 Å². The zero-order valence-corrected chi connectivity index (χ0v) is 15.6. The number of benzene rings is 1. The average molecular weight is 373 g/mol. The van der Waals surface area contributed by atoms with E-state index in [0.29, 0.717) is 40.2 Å². The van der Waals surface area contributed by atoms with E-state index in [1.165, 1.54) is 11.3 Å². The van der Waals surface area contributed by atoms with Crippen LogP contribution in [0.2, 0.25) is 0 Å². The van der Waals surface area contributed by atoms with Gasteiger partial charge in [0.2, 0.25) is 5.13 Å². The van der Waals surface area contributed by atoms with Crippen LogP contribution in [0.25, 0.3) is 0 Å². The number of esters is 2. The molecule has 0 radical (unpaired) electrons. The Hall–Kier alpha value is -2.74. The first kappa shape index (κ1) is 18.1. The van der Waals surface area contributed by atoms with E-state index in [9.17, 15) is 9.59 Å². The highest BCUT2D eigenvalue weighted by Gasteiger charge is 2.30. The third-order valence-corrected chi connectivity index (χ3v) is 5.02. The summed E-state index contributed by atoms with van der Waals surface area (Å²) >= 11 is 1.17. The van der Waals surface area contributed by atoms with E-state index >= 15 is 0 Å². The summed E-state index contributed by atoms with van der Waals surface area (Å²) in [6.45, 7) is 5.56. The molecular weight excluding hydrogens is 354 g/mol. The lowest BCUT2D eigenvalue weighted by atomic mass is 9.93. The number of hydrazone groups is 1. The van der Waals surface area contributed by atoms with Gasteiger partial charge in [-0.1, -0.05) is 29.5 Å². The molecule has 1 aromatic carbocycles. The van der Waals surface area contributed by atoms with Crippen molar-refractivity contribution >= 4 is 34.1 Å². The fourth-order valence-electron chi connectivity index (χ4n) is 2.62. The van der Waals surface area contributed by atoms with E-state index in [0.717, 1.165) is 5.56 Å². The van der Waals surface area contributed by atoms with E-state index in [1.54, 1.807) is 26.8 Å². The number of fused-ring (bicyclic) bond motifs is 1. The summed E-state index contributed by atoms with van der Waals surface area (Å²) in [5.74, 6) is -0.579. The minimum Gasteiger partial charge on any atom is -0.462 e. The van der Waals surface area contributed by atoms with E-state index < -0.39 is 11.9 Å². The second kappa shape index (κ2) is 7.65. The zero-order chi connectivity index (χ0) is 18.7. The lowest BCUT2D eigenvalue weighted by Crippen LogP contribution is -2.33. The monoisotopic (exact) mass is 373 g/mol. The summed E-state index contributed by atoms with van der Waals surface area (Å²) < 4.78 is 10.4. The molecule has 2 heterocycles. The number of anilines is 1. The van der Waals surface area contributed by atoms with Crippen LogP contribution in [0.4, 0.5) is 5.13 Å². The quantitative estimate of drug-likeness (QED) is 0.375. The van der Waals surface area contributed by atoms with Crippen molar-refractivity contribution in [2.75, 3.05) is 12.0 Å². The molecule has 1 aliphatic heterocycles. The lowest BCUT2D eigenvalue weighted by Gasteiger charge is -2.22. The number of nitrogens with one attached hydrogen (secondary N) is 1. The first-order chi connectivity index (χ1) is 12.5. The van der Waals surface area contributed by atoms with Crippen LogP contribution in [0, 0.1) is 12.8 Å². The summed E-state index contributed by atoms with van der Waals surface area (Å²) in [7, 11) is 0. The molecule has 0 bridgehead atoms. The third-order valence-electron chi connectivity index (χ3n) is 3.98. The van der Waals surface area contributed by atoms with Gasteiger partial charge in [0, 0.05) is 5.71 Å². The minimum absolute atomic E-state index is 0.307. The Bertz CT molecular complexity index is 875. The highest BCUT2D eigenvalue weighted by Crippen LogP contribution is 2.29. The Morgan fingerprint density at radius 2 is 2.23 bits per heavy atom. The number of para-hydroxylation sites is 1. The molecule has 0 fully saturated rings. The Morgan fingerprint density at radius 3 is 3.00 bits per heavy atom. The molecule has 1 N–H and O–H groups in total. The maximum absolute atomic E-state index is 12.2. The second-order valence-electron chi connectivity index (χ2n) is 5.80. The number of ether oxygens (including phenoxy) is 2. The molecule has 1 unspecified atom stereocenters. The van der Waals surface area contributed by atoms with Crippen LogP contribution in [0.1, 0.15) is 34.8 Å².